The Balaban J connectivity index is 1.93. The molecule has 2 aliphatic rings. The molecule has 16 heavy (non-hydrogen) atoms. The largest absolute Gasteiger partial charge is 0.480 e. The Kier molecular flexibility index (Phi) is 2.86. The summed E-state index contributed by atoms with van der Waals surface area (Å²) in [6, 6.07) is 0. The molecule has 2 saturated carbocycles. The van der Waals surface area contributed by atoms with E-state index in [0.717, 1.165) is 12.8 Å². The van der Waals surface area contributed by atoms with Crippen LogP contribution in [0.5, 0.6) is 0 Å². The number of fused-ring (bicyclic) bond motifs is 1. The van der Waals surface area contributed by atoms with Crippen LogP contribution in [0.4, 0.5) is 0 Å². The molecule has 0 radical (unpaired) electrons. The van der Waals surface area contributed by atoms with Gasteiger partial charge < -0.3 is 10.0 Å². The minimum atomic E-state index is -1.01. The van der Waals surface area contributed by atoms with Gasteiger partial charge in [-0.15, -0.1) is 6.42 Å². The van der Waals surface area contributed by atoms with Gasteiger partial charge in [-0.25, -0.2) is 0 Å². The summed E-state index contributed by atoms with van der Waals surface area (Å²) < 4.78 is 0. The SMILES string of the molecule is C#CCN(CC(=O)O)C(=O)C1CC2CC2C1. The molecule has 0 heterocycles. The van der Waals surface area contributed by atoms with Crippen molar-refractivity contribution in [1.29, 1.82) is 0 Å². The summed E-state index contributed by atoms with van der Waals surface area (Å²) >= 11 is 0. The lowest BCUT2D eigenvalue weighted by molar-refractivity contribution is -0.145. The van der Waals surface area contributed by atoms with Crippen LogP contribution < -0.4 is 0 Å². The molecular weight excluding hydrogens is 206 g/mol. The zero-order valence-electron chi connectivity index (χ0n) is 9.06. The van der Waals surface area contributed by atoms with Crippen molar-refractivity contribution in [3.63, 3.8) is 0 Å². The topological polar surface area (TPSA) is 57.6 Å². The smallest absolute Gasteiger partial charge is 0.323 e. The van der Waals surface area contributed by atoms with E-state index in [1.165, 1.54) is 11.3 Å². The summed E-state index contributed by atoms with van der Waals surface area (Å²) in [5, 5.41) is 8.70. The minimum absolute atomic E-state index is 0.0106. The van der Waals surface area contributed by atoms with E-state index in [-0.39, 0.29) is 24.9 Å². The highest BCUT2D eigenvalue weighted by atomic mass is 16.4. The van der Waals surface area contributed by atoms with Crippen molar-refractivity contribution in [3.8, 4) is 12.3 Å². The molecule has 2 fully saturated rings. The lowest BCUT2D eigenvalue weighted by Crippen LogP contribution is -2.39. The number of terminal acetylenes is 1. The summed E-state index contributed by atoms with van der Waals surface area (Å²) in [4.78, 5) is 23.9. The second-order valence-electron chi connectivity index (χ2n) is 4.72. The molecule has 1 N–H and O–H groups in total. The highest BCUT2D eigenvalue weighted by Crippen LogP contribution is 2.54. The van der Waals surface area contributed by atoms with E-state index >= 15 is 0 Å². The third-order valence-corrected chi connectivity index (χ3v) is 3.51. The van der Waals surface area contributed by atoms with Crippen LogP contribution in [-0.2, 0) is 9.59 Å². The Morgan fingerprint density at radius 2 is 1.94 bits per heavy atom. The number of nitrogens with zero attached hydrogens (tertiary/aromatic N) is 1. The molecule has 0 aromatic rings. The summed E-state index contributed by atoms with van der Waals surface area (Å²) in [6.45, 7) is -0.189. The normalized spacial score (nSPS) is 30.3. The Morgan fingerprint density at radius 1 is 1.31 bits per heavy atom. The van der Waals surface area contributed by atoms with E-state index in [0.29, 0.717) is 11.8 Å². The van der Waals surface area contributed by atoms with E-state index in [4.69, 9.17) is 11.5 Å². The molecule has 2 aliphatic carbocycles. The molecule has 0 aromatic carbocycles. The van der Waals surface area contributed by atoms with Gasteiger partial charge in [-0.3, -0.25) is 9.59 Å². The van der Waals surface area contributed by atoms with Gasteiger partial charge in [0.05, 0.1) is 6.54 Å². The standard InChI is InChI=1S/C12H15NO3/c1-2-3-13(7-11(14)15)12(16)10-5-8-4-9(8)6-10/h1,8-10H,3-7H2,(H,14,15). The summed E-state index contributed by atoms with van der Waals surface area (Å²) in [7, 11) is 0. The fraction of sp³-hybridized carbons (Fsp3) is 0.667. The number of amides is 1. The number of carboxylic acid groups (broad SMARTS) is 1. The van der Waals surface area contributed by atoms with Crippen LogP contribution in [0.2, 0.25) is 0 Å². The Labute approximate surface area is 94.6 Å². The molecule has 4 nitrogen and oxygen atoms in total. The Morgan fingerprint density at radius 3 is 2.44 bits per heavy atom. The number of carbonyl (C=O) groups excluding carboxylic acids is 1. The summed E-state index contributed by atoms with van der Waals surface area (Å²) in [5.41, 5.74) is 0. The van der Waals surface area contributed by atoms with Crippen molar-refractivity contribution in [1.82, 2.24) is 4.90 Å². The van der Waals surface area contributed by atoms with Crippen LogP contribution in [-0.4, -0.2) is 35.0 Å². The predicted octanol–water partition coefficient (Wildman–Crippen LogP) is 0.579. The predicted molar refractivity (Wildman–Crippen MR) is 57.4 cm³/mol. The minimum Gasteiger partial charge on any atom is -0.480 e. The average molecular weight is 221 g/mol. The molecule has 2 unspecified atom stereocenters. The third-order valence-electron chi connectivity index (χ3n) is 3.51. The number of carbonyl (C=O) groups is 2. The van der Waals surface area contributed by atoms with E-state index in [9.17, 15) is 9.59 Å². The van der Waals surface area contributed by atoms with E-state index in [1.807, 2.05) is 0 Å². The van der Waals surface area contributed by atoms with Gasteiger partial charge in [0, 0.05) is 5.92 Å². The van der Waals surface area contributed by atoms with Gasteiger partial charge in [0.15, 0.2) is 0 Å². The molecule has 86 valence electrons. The first-order valence-electron chi connectivity index (χ1n) is 5.56. The first-order valence-corrected chi connectivity index (χ1v) is 5.56. The molecule has 2 rings (SSSR count). The number of hydrogen-bond donors (Lipinski definition) is 1. The summed E-state index contributed by atoms with van der Waals surface area (Å²) in [5.74, 6) is 2.70. The Hall–Kier alpha value is -1.50. The van der Waals surface area contributed by atoms with Crippen LogP contribution in [0.1, 0.15) is 19.3 Å². The van der Waals surface area contributed by atoms with Crippen LogP contribution in [0.15, 0.2) is 0 Å². The second kappa shape index (κ2) is 4.17. The zero-order valence-corrected chi connectivity index (χ0v) is 9.06. The fourth-order valence-electron chi connectivity index (χ4n) is 2.66. The highest BCUT2D eigenvalue weighted by molar-refractivity contribution is 5.83. The van der Waals surface area contributed by atoms with Crippen molar-refractivity contribution >= 4 is 11.9 Å². The van der Waals surface area contributed by atoms with Crippen molar-refractivity contribution < 1.29 is 14.7 Å². The van der Waals surface area contributed by atoms with Crippen LogP contribution in [0.3, 0.4) is 0 Å². The first-order chi connectivity index (χ1) is 7.61. The number of aliphatic carboxylic acids is 1. The van der Waals surface area contributed by atoms with Crippen LogP contribution in [0, 0.1) is 30.1 Å². The maximum absolute atomic E-state index is 12.0. The van der Waals surface area contributed by atoms with Crippen molar-refractivity contribution in [2.24, 2.45) is 17.8 Å². The Bertz CT molecular complexity index is 348. The maximum atomic E-state index is 12.0. The van der Waals surface area contributed by atoms with Gasteiger partial charge in [0.1, 0.15) is 6.54 Å². The lowest BCUT2D eigenvalue weighted by atomic mass is 10.0. The van der Waals surface area contributed by atoms with Gasteiger partial charge in [0.2, 0.25) is 5.91 Å². The molecule has 0 aromatic heterocycles. The third kappa shape index (κ3) is 2.19. The molecule has 4 heteroatoms. The molecule has 0 spiro atoms. The molecular formula is C12H15NO3. The van der Waals surface area contributed by atoms with Crippen molar-refractivity contribution in [3.05, 3.63) is 0 Å². The molecule has 1 amide bonds. The van der Waals surface area contributed by atoms with Gasteiger partial charge >= 0.3 is 5.97 Å². The number of carboxylic acids is 1. The molecule has 0 aliphatic heterocycles. The van der Waals surface area contributed by atoms with Crippen LogP contribution in [0.25, 0.3) is 0 Å². The highest BCUT2D eigenvalue weighted by Gasteiger charge is 2.48. The lowest BCUT2D eigenvalue weighted by Gasteiger charge is -2.22. The molecule has 0 saturated heterocycles. The van der Waals surface area contributed by atoms with Crippen LogP contribution >= 0.6 is 0 Å². The van der Waals surface area contributed by atoms with Crippen molar-refractivity contribution in [2.75, 3.05) is 13.1 Å². The van der Waals surface area contributed by atoms with E-state index in [1.54, 1.807) is 0 Å². The zero-order chi connectivity index (χ0) is 11.7. The van der Waals surface area contributed by atoms with Gasteiger partial charge in [-0.05, 0) is 31.1 Å². The second-order valence-corrected chi connectivity index (χ2v) is 4.72. The maximum Gasteiger partial charge on any atom is 0.323 e. The van der Waals surface area contributed by atoms with Crippen molar-refractivity contribution in [2.45, 2.75) is 19.3 Å². The monoisotopic (exact) mass is 221 g/mol. The van der Waals surface area contributed by atoms with Gasteiger partial charge in [-0.2, -0.15) is 0 Å². The molecule has 0 bridgehead atoms. The van der Waals surface area contributed by atoms with E-state index < -0.39 is 5.97 Å². The average Bonchev–Trinajstić information content (AvgIpc) is 2.83. The molecule has 2 atom stereocenters. The quantitative estimate of drug-likeness (QED) is 0.706. The number of rotatable bonds is 4. The van der Waals surface area contributed by atoms with Gasteiger partial charge in [0.25, 0.3) is 0 Å². The van der Waals surface area contributed by atoms with Gasteiger partial charge in [-0.1, -0.05) is 5.92 Å². The first kappa shape index (κ1) is 11.0. The summed E-state index contributed by atoms with van der Waals surface area (Å²) in [6.07, 6.45) is 8.23. The fourth-order valence-corrected chi connectivity index (χ4v) is 2.66. The number of hydrogen-bond acceptors (Lipinski definition) is 2. The van der Waals surface area contributed by atoms with E-state index in [2.05, 4.69) is 5.92 Å².